The first-order chi connectivity index (χ1) is 12.3. The molecule has 1 aromatic carbocycles. The summed E-state index contributed by atoms with van der Waals surface area (Å²) in [6.07, 6.45) is 4.23. The smallest absolute Gasteiger partial charge is 0.310 e. The van der Waals surface area contributed by atoms with Gasteiger partial charge in [0.2, 0.25) is 5.91 Å². The maximum Gasteiger partial charge on any atom is 0.310 e. The van der Waals surface area contributed by atoms with E-state index in [-0.39, 0.29) is 23.9 Å². The Labute approximate surface area is 157 Å². The highest BCUT2D eigenvalue weighted by Crippen LogP contribution is 2.08. The van der Waals surface area contributed by atoms with Gasteiger partial charge in [-0.15, -0.1) is 0 Å². The number of ether oxygens (including phenoxy) is 2. The molecule has 0 saturated carbocycles. The van der Waals surface area contributed by atoms with Crippen molar-refractivity contribution in [2.24, 2.45) is 5.92 Å². The monoisotopic (exact) mass is 361 g/mol. The van der Waals surface area contributed by atoms with Gasteiger partial charge in [0, 0.05) is 25.8 Å². The minimum absolute atomic E-state index is 0.120. The summed E-state index contributed by atoms with van der Waals surface area (Å²) in [5.41, 5.74) is 2.14. The third-order valence-corrected chi connectivity index (χ3v) is 3.93. The van der Waals surface area contributed by atoms with Crippen LogP contribution in [0.3, 0.4) is 0 Å². The normalized spacial score (nSPS) is 12.4. The molecule has 5 nitrogen and oxygen atoms in total. The number of benzene rings is 1. The molecule has 1 amide bonds. The summed E-state index contributed by atoms with van der Waals surface area (Å²) in [6, 6.07) is 7.95. The first-order valence-electron chi connectivity index (χ1n) is 9.06. The van der Waals surface area contributed by atoms with Crippen LogP contribution in [0, 0.1) is 12.8 Å². The summed E-state index contributed by atoms with van der Waals surface area (Å²) in [5, 5.41) is 0. The van der Waals surface area contributed by atoms with Gasteiger partial charge in [0.15, 0.2) is 0 Å². The van der Waals surface area contributed by atoms with Crippen LogP contribution in [0.2, 0.25) is 0 Å². The first kappa shape index (κ1) is 21.9. The third-order valence-electron chi connectivity index (χ3n) is 3.93. The van der Waals surface area contributed by atoms with Crippen LogP contribution in [-0.4, -0.2) is 49.7 Å². The molecule has 1 atom stereocenters. The van der Waals surface area contributed by atoms with Gasteiger partial charge >= 0.3 is 5.97 Å². The molecule has 0 heterocycles. The van der Waals surface area contributed by atoms with Gasteiger partial charge in [0.05, 0.1) is 19.1 Å². The van der Waals surface area contributed by atoms with Crippen LogP contribution in [0.15, 0.2) is 30.3 Å². The molecule has 0 saturated heterocycles. The van der Waals surface area contributed by atoms with Crippen LogP contribution >= 0.6 is 0 Å². The number of aryl methyl sites for hydroxylation is 1. The maximum atomic E-state index is 12.6. The van der Waals surface area contributed by atoms with E-state index in [1.807, 2.05) is 45.0 Å². The van der Waals surface area contributed by atoms with Gasteiger partial charge in [-0.05, 0) is 38.8 Å². The van der Waals surface area contributed by atoms with Crippen LogP contribution < -0.4 is 0 Å². The van der Waals surface area contributed by atoms with Gasteiger partial charge in [0.25, 0.3) is 0 Å². The molecule has 0 aromatic heterocycles. The Balaban J connectivity index is 2.72. The molecule has 5 heteroatoms. The highest BCUT2D eigenvalue weighted by atomic mass is 16.5. The van der Waals surface area contributed by atoms with Crippen molar-refractivity contribution in [3.8, 4) is 0 Å². The van der Waals surface area contributed by atoms with Gasteiger partial charge in [-0.25, -0.2) is 0 Å². The van der Waals surface area contributed by atoms with Crippen LogP contribution in [0.5, 0.6) is 0 Å². The molecule has 144 valence electrons. The Morgan fingerprint density at radius 1 is 1.15 bits per heavy atom. The molecule has 0 aliphatic heterocycles. The fourth-order valence-corrected chi connectivity index (χ4v) is 2.42. The van der Waals surface area contributed by atoms with Crippen molar-refractivity contribution in [3.05, 3.63) is 41.5 Å². The highest BCUT2D eigenvalue weighted by molar-refractivity contribution is 5.92. The first-order valence-corrected chi connectivity index (χ1v) is 9.06. The number of rotatable bonds is 10. The van der Waals surface area contributed by atoms with Crippen LogP contribution in [0.1, 0.15) is 38.3 Å². The molecule has 0 aliphatic rings. The number of methoxy groups -OCH3 is 1. The van der Waals surface area contributed by atoms with E-state index in [4.69, 9.17) is 9.47 Å². The van der Waals surface area contributed by atoms with Crippen molar-refractivity contribution in [3.63, 3.8) is 0 Å². The third kappa shape index (κ3) is 8.30. The molecular weight excluding hydrogens is 330 g/mol. The summed E-state index contributed by atoms with van der Waals surface area (Å²) in [4.78, 5) is 26.0. The van der Waals surface area contributed by atoms with Gasteiger partial charge in [-0.2, -0.15) is 0 Å². The lowest BCUT2D eigenvalue weighted by Crippen LogP contribution is -2.37. The van der Waals surface area contributed by atoms with E-state index in [1.165, 1.54) is 12.7 Å². The molecule has 1 rings (SSSR count). The Bertz CT molecular complexity index is 593. The standard InChI is InChI=1S/C21H31NO4/c1-16(2)26-14-6-13-22(15-18(4)21(24)25-5)20(23)12-11-19-9-7-17(3)8-10-19/h7-12,16,18H,6,13-15H2,1-5H3/b12-11+. The second-order valence-electron chi connectivity index (χ2n) is 6.73. The van der Waals surface area contributed by atoms with E-state index in [0.717, 1.165) is 12.0 Å². The molecule has 0 bridgehead atoms. The van der Waals surface area contributed by atoms with Crippen LogP contribution in [0.25, 0.3) is 6.08 Å². The summed E-state index contributed by atoms with van der Waals surface area (Å²) < 4.78 is 10.3. The lowest BCUT2D eigenvalue weighted by molar-refractivity contribution is -0.146. The molecule has 0 radical (unpaired) electrons. The molecular formula is C21H31NO4. The molecule has 0 N–H and O–H groups in total. The lowest BCUT2D eigenvalue weighted by atomic mass is 10.1. The quantitative estimate of drug-likeness (QED) is 0.364. The maximum absolute atomic E-state index is 12.6. The number of esters is 1. The minimum atomic E-state index is -0.372. The second kappa shape index (κ2) is 11.5. The largest absolute Gasteiger partial charge is 0.469 e. The van der Waals surface area contributed by atoms with Crippen molar-refractivity contribution in [1.82, 2.24) is 4.90 Å². The van der Waals surface area contributed by atoms with E-state index in [2.05, 4.69) is 0 Å². The van der Waals surface area contributed by atoms with Gasteiger partial charge in [0.1, 0.15) is 0 Å². The number of nitrogens with zero attached hydrogens (tertiary/aromatic N) is 1. The van der Waals surface area contributed by atoms with Gasteiger partial charge in [-0.1, -0.05) is 36.8 Å². The summed E-state index contributed by atoms with van der Waals surface area (Å²) in [5.74, 6) is -0.808. The zero-order valence-corrected chi connectivity index (χ0v) is 16.5. The van der Waals surface area contributed by atoms with E-state index in [9.17, 15) is 9.59 Å². The highest BCUT2D eigenvalue weighted by Gasteiger charge is 2.20. The fourth-order valence-electron chi connectivity index (χ4n) is 2.42. The number of carbonyl (C=O) groups excluding carboxylic acids is 2. The number of amides is 1. The summed E-state index contributed by atoms with van der Waals surface area (Å²) in [6.45, 7) is 9.18. The molecule has 0 spiro atoms. The van der Waals surface area contributed by atoms with Crippen LogP contribution in [-0.2, 0) is 19.1 Å². The Kier molecular flexibility index (Phi) is 9.66. The minimum Gasteiger partial charge on any atom is -0.469 e. The molecule has 0 aliphatic carbocycles. The van der Waals surface area contributed by atoms with Gasteiger partial charge < -0.3 is 14.4 Å². The molecule has 1 aromatic rings. The average molecular weight is 361 g/mol. The van der Waals surface area contributed by atoms with E-state index < -0.39 is 0 Å². The number of hydrogen-bond acceptors (Lipinski definition) is 4. The second-order valence-corrected chi connectivity index (χ2v) is 6.73. The fraction of sp³-hybridized carbons (Fsp3) is 0.524. The zero-order chi connectivity index (χ0) is 19.5. The van der Waals surface area contributed by atoms with E-state index >= 15 is 0 Å². The number of carbonyl (C=O) groups is 2. The number of hydrogen-bond donors (Lipinski definition) is 0. The Hall–Kier alpha value is -2.14. The predicted octanol–water partition coefficient (Wildman–Crippen LogP) is 3.46. The lowest BCUT2D eigenvalue weighted by Gasteiger charge is -2.24. The summed E-state index contributed by atoms with van der Waals surface area (Å²) in [7, 11) is 1.36. The Morgan fingerprint density at radius 2 is 1.81 bits per heavy atom. The Morgan fingerprint density at radius 3 is 2.38 bits per heavy atom. The van der Waals surface area contributed by atoms with Crippen molar-refractivity contribution in [1.29, 1.82) is 0 Å². The SMILES string of the molecule is COC(=O)C(C)CN(CCCOC(C)C)C(=O)/C=C/c1ccc(C)cc1. The van der Waals surface area contributed by atoms with Crippen molar-refractivity contribution in [2.75, 3.05) is 26.8 Å². The van der Waals surface area contributed by atoms with Crippen molar-refractivity contribution < 1.29 is 19.1 Å². The van der Waals surface area contributed by atoms with E-state index in [0.29, 0.717) is 19.7 Å². The average Bonchev–Trinajstić information content (AvgIpc) is 2.62. The zero-order valence-electron chi connectivity index (χ0n) is 16.5. The van der Waals surface area contributed by atoms with Crippen molar-refractivity contribution in [2.45, 2.75) is 40.2 Å². The van der Waals surface area contributed by atoms with Gasteiger partial charge in [-0.3, -0.25) is 9.59 Å². The summed E-state index contributed by atoms with van der Waals surface area (Å²) >= 11 is 0. The molecule has 1 unspecified atom stereocenters. The molecule has 0 fully saturated rings. The topological polar surface area (TPSA) is 55.8 Å². The predicted molar refractivity (Wildman–Crippen MR) is 104 cm³/mol. The van der Waals surface area contributed by atoms with Crippen LogP contribution in [0.4, 0.5) is 0 Å². The molecule has 26 heavy (non-hydrogen) atoms. The van der Waals surface area contributed by atoms with E-state index in [1.54, 1.807) is 24.0 Å². The van der Waals surface area contributed by atoms with Crippen molar-refractivity contribution >= 4 is 18.0 Å².